The van der Waals surface area contributed by atoms with Crippen molar-refractivity contribution in [3.05, 3.63) is 94.6 Å². The van der Waals surface area contributed by atoms with Crippen molar-refractivity contribution in [3.8, 4) is 17.6 Å². The quantitative estimate of drug-likeness (QED) is 0.303. The fourth-order valence-corrected chi connectivity index (χ4v) is 4.62. The van der Waals surface area contributed by atoms with Gasteiger partial charge in [0.1, 0.15) is 19.0 Å². The summed E-state index contributed by atoms with van der Waals surface area (Å²) in [6.07, 6.45) is 0. The average Bonchev–Trinajstić information content (AvgIpc) is 3.17. The minimum Gasteiger partial charge on any atom is -0.507 e. The Bertz CT molecular complexity index is 1460. The lowest BCUT2D eigenvalue weighted by molar-refractivity contribution is -0.132. The minimum absolute atomic E-state index is 0.0189. The van der Waals surface area contributed by atoms with Gasteiger partial charge in [-0.1, -0.05) is 45.0 Å². The third kappa shape index (κ3) is 4.31. The minimum atomic E-state index is -0.866. The fraction of sp³-hybridized carbons (Fsp3) is 0.233. The van der Waals surface area contributed by atoms with Crippen LogP contribution in [0.1, 0.15) is 49.1 Å². The lowest BCUT2D eigenvalue weighted by Gasteiger charge is -2.27. The van der Waals surface area contributed by atoms with Gasteiger partial charge in [0.25, 0.3) is 11.7 Å². The lowest BCUT2D eigenvalue weighted by Crippen LogP contribution is -2.29. The van der Waals surface area contributed by atoms with Gasteiger partial charge in [-0.2, -0.15) is 5.26 Å². The summed E-state index contributed by atoms with van der Waals surface area (Å²) in [6, 6.07) is 20.3. The van der Waals surface area contributed by atoms with Gasteiger partial charge in [0.2, 0.25) is 0 Å². The first kappa shape index (κ1) is 24.1. The second kappa shape index (κ2) is 9.14. The summed E-state index contributed by atoms with van der Waals surface area (Å²) < 4.78 is 11.2. The first-order valence-electron chi connectivity index (χ1n) is 12.0. The number of rotatable bonds is 3. The molecule has 3 aromatic rings. The van der Waals surface area contributed by atoms with Gasteiger partial charge in [-0.3, -0.25) is 14.5 Å². The van der Waals surface area contributed by atoms with E-state index in [1.54, 1.807) is 42.5 Å². The van der Waals surface area contributed by atoms with Crippen LogP contribution in [-0.4, -0.2) is 30.0 Å². The summed E-state index contributed by atoms with van der Waals surface area (Å²) in [4.78, 5) is 28.2. The highest BCUT2D eigenvalue weighted by molar-refractivity contribution is 6.51. The van der Waals surface area contributed by atoms with E-state index in [4.69, 9.17) is 9.47 Å². The molecule has 2 aliphatic heterocycles. The molecule has 2 aliphatic rings. The average molecular weight is 495 g/mol. The van der Waals surface area contributed by atoms with Gasteiger partial charge in [-0.15, -0.1) is 0 Å². The zero-order valence-corrected chi connectivity index (χ0v) is 20.8. The highest BCUT2D eigenvalue weighted by Crippen LogP contribution is 2.43. The SMILES string of the molecule is CC(C)(C)c1ccc(C2/C(=C(/O)c3ccc4c(c3)OCCO4)C(=O)C(=O)N2c2ccc(C#N)cc2)cc1. The second-order valence-corrected chi connectivity index (χ2v) is 10.1. The molecule has 186 valence electrons. The molecule has 1 atom stereocenters. The summed E-state index contributed by atoms with van der Waals surface area (Å²) in [5, 5.41) is 20.6. The summed E-state index contributed by atoms with van der Waals surface area (Å²) in [7, 11) is 0. The smallest absolute Gasteiger partial charge is 0.300 e. The van der Waals surface area contributed by atoms with Gasteiger partial charge in [0.05, 0.1) is 23.2 Å². The number of nitriles is 1. The molecule has 1 unspecified atom stereocenters. The number of amides is 1. The number of ether oxygens (including phenoxy) is 2. The zero-order valence-electron chi connectivity index (χ0n) is 20.8. The molecule has 1 fully saturated rings. The number of Topliss-reactive ketones (excluding diaryl/α,β-unsaturated/α-hetero) is 1. The summed E-state index contributed by atoms with van der Waals surface area (Å²) in [5.41, 5.74) is 2.90. The Balaban J connectivity index is 1.67. The molecule has 0 spiro atoms. The van der Waals surface area contributed by atoms with Crippen molar-refractivity contribution in [2.45, 2.75) is 32.2 Å². The maximum atomic E-state index is 13.4. The maximum absolute atomic E-state index is 13.4. The first-order chi connectivity index (χ1) is 17.7. The van der Waals surface area contributed by atoms with Crippen molar-refractivity contribution < 1.29 is 24.2 Å². The van der Waals surface area contributed by atoms with Crippen molar-refractivity contribution in [2.75, 3.05) is 18.1 Å². The van der Waals surface area contributed by atoms with Crippen LogP contribution >= 0.6 is 0 Å². The van der Waals surface area contributed by atoms with E-state index in [9.17, 15) is 20.0 Å². The molecule has 37 heavy (non-hydrogen) atoms. The number of anilines is 1. The van der Waals surface area contributed by atoms with Gasteiger partial charge < -0.3 is 14.6 Å². The van der Waals surface area contributed by atoms with Crippen LogP contribution in [0, 0.1) is 11.3 Å². The second-order valence-electron chi connectivity index (χ2n) is 10.1. The molecule has 0 bridgehead atoms. The molecule has 1 N–H and O–H groups in total. The monoisotopic (exact) mass is 494 g/mol. The number of aliphatic hydroxyl groups excluding tert-OH is 1. The third-order valence-electron chi connectivity index (χ3n) is 6.63. The molecule has 0 saturated carbocycles. The van der Waals surface area contributed by atoms with Crippen molar-refractivity contribution in [2.24, 2.45) is 0 Å². The fourth-order valence-electron chi connectivity index (χ4n) is 4.62. The number of hydrogen-bond acceptors (Lipinski definition) is 6. The largest absolute Gasteiger partial charge is 0.507 e. The predicted octanol–water partition coefficient (Wildman–Crippen LogP) is 5.25. The van der Waals surface area contributed by atoms with Gasteiger partial charge in [0.15, 0.2) is 11.5 Å². The van der Waals surface area contributed by atoms with E-state index in [1.165, 1.54) is 4.90 Å². The highest BCUT2D eigenvalue weighted by Gasteiger charge is 2.47. The molecule has 0 aliphatic carbocycles. The third-order valence-corrected chi connectivity index (χ3v) is 6.63. The maximum Gasteiger partial charge on any atom is 0.300 e. The first-order valence-corrected chi connectivity index (χ1v) is 12.0. The number of carbonyl (C=O) groups is 2. The van der Waals surface area contributed by atoms with Gasteiger partial charge in [0, 0.05) is 11.3 Å². The van der Waals surface area contributed by atoms with Crippen molar-refractivity contribution in [1.82, 2.24) is 0 Å². The number of carbonyl (C=O) groups excluding carboxylic acids is 2. The molecule has 0 aromatic heterocycles. The molecular weight excluding hydrogens is 468 g/mol. The molecule has 2 heterocycles. The van der Waals surface area contributed by atoms with E-state index in [0.717, 1.165) is 5.56 Å². The molecular formula is C30H26N2O5. The Hall–Kier alpha value is -4.57. The van der Waals surface area contributed by atoms with Crippen LogP contribution in [-0.2, 0) is 15.0 Å². The van der Waals surface area contributed by atoms with E-state index in [2.05, 4.69) is 26.8 Å². The van der Waals surface area contributed by atoms with E-state index in [1.807, 2.05) is 24.3 Å². The van der Waals surface area contributed by atoms with E-state index >= 15 is 0 Å². The van der Waals surface area contributed by atoms with E-state index in [0.29, 0.717) is 47.1 Å². The Kier molecular flexibility index (Phi) is 5.96. The molecule has 3 aromatic carbocycles. The van der Waals surface area contributed by atoms with E-state index < -0.39 is 17.7 Å². The van der Waals surface area contributed by atoms with Crippen LogP contribution in [0.5, 0.6) is 11.5 Å². The number of nitrogens with zero attached hydrogens (tertiary/aromatic N) is 2. The molecule has 5 rings (SSSR count). The lowest BCUT2D eigenvalue weighted by atomic mass is 9.85. The number of ketones is 1. The van der Waals surface area contributed by atoms with Crippen molar-refractivity contribution in [3.63, 3.8) is 0 Å². The molecule has 7 heteroatoms. The summed E-state index contributed by atoms with van der Waals surface area (Å²) in [5.74, 6) is -0.829. The highest BCUT2D eigenvalue weighted by atomic mass is 16.6. The molecule has 7 nitrogen and oxygen atoms in total. The number of fused-ring (bicyclic) bond motifs is 1. The Morgan fingerprint density at radius 2 is 1.59 bits per heavy atom. The van der Waals surface area contributed by atoms with Gasteiger partial charge in [-0.25, -0.2) is 0 Å². The Morgan fingerprint density at radius 1 is 0.946 bits per heavy atom. The molecule has 1 amide bonds. The topological polar surface area (TPSA) is 99.9 Å². The normalized spacial score (nSPS) is 18.5. The predicted molar refractivity (Wildman–Crippen MR) is 139 cm³/mol. The Morgan fingerprint density at radius 3 is 2.22 bits per heavy atom. The number of aliphatic hydroxyl groups is 1. The number of benzene rings is 3. The van der Waals surface area contributed by atoms with Gasteiger partial charge >= 0.3 is 0 Å². The number of hydrogen-bond donors (Lipinski definition) is 1. The van der Waals surface area contributed by atoms with Crippen molar-refractivity contribution in [1.29, 1.82) is 5.26 Å². The van der Waals surface area contributed by atoms with Crippen LogP contribution < -0.4 is 14.4 Å². The standard InChI is InChI=1S/C30H26N2O5/c1-30(2,3)21-9-6-19(7-10-21)26-25(27(33)20-8-13-23-24(16-20)37-15-14-36-23)28(34)29(35)32(26)22-11-4-18(17-31)5-12-22/h4-13,16,26,33H,14-15H2,1-3H3/b27-25-. The summed E-state index contributed by atoms with van der Waals surface area (Å²) in [6.45, 7) is 7.12. The zero-order chi connectivity index (χ0) is 26.3. The van der Waals surface area contributed by atoms with Gasteiger partial charge in [-0.05, 0) is 59.0 Å². The van der Waals surface area contributed by atoms with Crippen LogP contribution in [0.3, 0.4) is 0 Å². The van der Waals surface area contributed by atoms with Crippen LogP contribution in [0.15, 0.2) is 72.3 Å². The van der Waals surface area contributed by atoms with E-state index in [-0.39, 0.29) is 16.7 Å². The van der Waals surface area contributed by atoms with Crippen LogP contribution in [0.4, 0.5) is 5.69 Å². The molecule has 0 radical (unpaired) electrons. The Labute approximate surface area is 215 Å². The summed E-state index contributed by atoms with van der Waals surface area (Å²) >= 11 is 0. The molecule has 1 saturated heterocycles. The van der Waals surface area contributed by atoms with Crippen LogP contribution in [0.2, 0.25) is 0 Å². The van der Waals surface area contributed by atoms with Crippen molar-refractivity contribution >= 4 is 23.1 Å². The van der Waals surface area contributed by atoms with Crippen LogP contribution in [0.25, 0.3) is 5.76 Å².